The summed E-state index contributed by atoms with van der Waals surface area (Å²) in [5.41, 5.74) is 1.64. The quantitative estimate of drug-likeness (QED) is 0.431. The third kappa shape index (κ3) is 7.57. The fraction of sp³-hybridized carbons (Fsp3) is 0.833. The minimum absolute atomic E-state index is 0.0323. The highest BCUT2D eigenvalue weighted by Gasteiger charge is 2.24. The first-order valence-corrected chi connectivity index (χ1v) is 11.7. The van der Waals surface area contributed by atoms with Gasteiger partial charge in [-0.1, -0.05) is 57.0 Å². The highest BCUT2D eigenvalue weighted by Crippen LogP contribution is 2.31. The van der Waals surface area contributed by atoms with E-state index in [0.29, 0.717) is 12.8 Å². The normalized spacial score (nSPS) is 17.0. The smallest absolute Gasteiger partial charge is 0.244 e. The Morgan fingerprint density at radius 1 is 1.33 bits per heavy atom. The second-order valence-electron chi connectivity index (χ2n) is 7.51. The van der Waals surface area contributed by atoms with E-state index in [0.717, 1.165) is 18.8 Å². The molecule has 8 nitrogen and oxygen atoms in total. The van der Waals surface area contributed by atoms with Crippen molar-refractivity contribution in [3.05, 3.63) is 11.7 Å². The first kappa shape index (κ1) is 21.8. The van der Waals surface area contributed by atoms with Crippen molar-refractivity contribution < 1.29 is 22.9 Å². The van der Waals surface area contributed by atoms with Crippen molar-refractivity contribution in [1.29, 1.82) is 0 Å². The maximum atomic E-state index is 11.9. The lowest BCUT2D eigenvalue weighted by atomic mass is 9.84. The van der Waals surface area contributed by atoms with E-state index in [1.165, 1.54) is 32.1 Å². The molecule has 0 aromatic carbocycles. The Kier molecular flexibility index (Phi) is 8.69. The topological polar surface area (TPSA) is 122 Å². The van der Waals surface area contributed by atoms with E-state index in [1.807, 2.05) is 0 Å². The van der Waals surface area contributed by atoms with Crippen molar-refractivity contribution in [3.63, 3.8) is 0 Å². The van der Waals surface area contributed by atoms with Crippen LogP contribution in [-0.4, -0.2) is 35.4 Å². The number of sulfone groups is 1. The van der Waals surface area contributed by atoms with Crippen LogP contribution in [0.2, 0.25) is 0 Å². The number of nitrogens with zero attached hydrogens (tertiary/aromatic N) is 2. The van der Waals surface area contributed by atoms with Gasteiger partial charge < -0.3 is 4.52 Å². The molecule has 2 rings (SSSR count). The van der Waals surface area contributed by atoms with Crippen LogP contribution in [0.4, 0.5) is 0 Å². The van der Waals surface area contributed by atoms with Crippen molar-refractivity contribution in [1.82, 2.24) is 15.6 Å². The molecule has 1 aromatic rings. The van der Waals surface area contributed by atoms with Gasteiger partial charge in [-0.05, 0) is 18.8 Å². The molecule has 1 atom stereocenters. The molecule has 0 spiro atoms. The van der Waals surface area contributed by atoms with Gasteiger partial charge in [0.1, 0.15) is 5.75 Å². The highest BCUT2D eigenvalue weighted by atomic mass is 32.2. The van der Waals surface area contributed by atoms with Crippen molar-refractivity contribution in [2.75, 3.05) is 5.75 Å². The molecule has 2 N–H and O–H groups in total. The Labute approximate surface area is 161 Å². The third-order valence-corrected chi connectivity index (χ3v) is 6.87. The molecular weight excluding hydrogens is 370 g/mol. The van der Waals surface area contributed by atoms with E-state index in [9.17, 15) is 13.2 Å². The van der Waals surface area contributed by atoms with Crippen LogP contribution in [0.5, 0.6) is 0 Å². The number of amides is 1. The monoisotopic (exact) mass is 401 g/mol. The Morgan fingerprint density at radius 3 is 2.74 bits per heavy atom. The predicted molar refractivity (Wildman–Crippen MR) is 99.8 cm³/mol. The lowest BCUT2D eigenvalue weighted by molar-refractivity contribution is -0.129. The molecular formula is C18H31N3O5S. The molecule has 9 heteroatoms. The zero-order chi connectivity index (χ0) is 19.7. The van der Waals surface area contributed by atoms with E-state index in [1.54, 1.807) is 12.4 Å². The summed E-state index contributed by atoms with van der Waals surface area (Å²) in [6.07, 6.45) is 9.72. The van der Waals surface area contributed by atoms with Crippen LogP contribution in [0, 0.1) is 5.92 Å². The van der Waals surface area contributed by atoms with Gasteiger partial charge in [0, 0.05) is 12.3 Å². The summed E-state index contributed by atoms with van der Waals surface area (Å²) >= 11 is 0. The molecule has 1 aromatic heterocycles. The Morgan fingerprint density at radius 2 is 2.07 bits per heavy atom. The highest BCUT2D eigenvalue weighted by molar-refractivity contribution is 7.90. The number of carbonyl (C=O) groups excluding carboxylic acids is 1. The molecule has 0 unspecified atom stereocenters. The Hall–Kier alpha value is -1.48. The Bertz CT molecular complexity index is 683. The number of carbonyl (C=O) groups is 1. The first-order chi connectivity index (χ1) is 12.9. The van der Waals surface area contributed by atoms with Gasteiger partial charge in [-0.15, -0.1) is 0 Å². The molecule has 0 bridgehead atoms. The van der Waals surface area contributed by atoms with Gasteiger partial charge in [-0.25, -0.2) is 13.9 Å². The van der Waals surface area contributed by atoms with Gasteiger partial charge in [0.15, 0.2) is 15.7 Å². The standard InChI is InChI=1S/C18H31N3O5S/c1-2-11-27(24,25)13-16-19-18(26-21-16)15(12-17(22)20-23)10-6-9-14-7-4-3-5-8-14/h14-15,23H,2-13H2,1H3,(H,20,22)/t15-/m1/s1. The van der Waals surface area contributed by atoms with Gasteiger partial charge in [0.2, 0.25) is 11.8 Å². The summed E-state index contributed by atoms with van der Waals surface area (Å²) in [6.45, 7) is 1.80. The average molecular weight is 402 g/mol. The fourth-order valence-electron chi connectivity index (χ4n) is 3.78. The first-order valence-electron chi connectivity index (χ1n) is 9.89. The molecule has 0 radical (unpaired) electrons. The summed E-state index contributed by atoms with van der Waals surface area (Å²) < 4.78 is 29.1. The van der Waals surface area contributed by atoms with Crippen LogP contribution in [-0.2, 0) is 20.4 Å². The summed E-state index contributed by atoms with van der Waals surface area (Å²) in [6, 6.07) is 0. The average Bonchev–Trinajstić information content (AvgIpc) is 3.09. The summed E-state index contributed by atoms with van der Waals surface area (Å²) in [7, 11) is -3.26. The summed E-state index contributed by atoms with van der Waals surface area (Å²) in [5, 5.41) is 12.6. The molecule has 154 valence electrons. The van der Waals surface area contributed by atoms with Crippen LogP contribution in [0.1, 0.15) is 88.8 Å². The van der Waals surface area contributed by atoms with Gasteiger partial charge >= 0.3 is 0 Å². The summed E-state index contributed by atoms with van der Waals surface area (Å²) in [5.74, 6) is 0.111. The van der Waals surface area contributed by atoms with Crippen molar-refractivity contribution in [2.45, 2.75) is 82.8 Å². The maximum Gasteiger partial charge on any atom is 0.244 e. The number of hydrogen-bond acceptors (Lipinski definition) is 7. The molecule has 1 amide bonds. The van der Waals surface area contributed by atoms with E-state index >= 15 is 0 Å². The SMILES string of the molecule is CCCS(=O)(=O)Cc1noc([C@H](CCCC2CCCCC2)CC(=O)NO)n1. The molecule has 0 saturated heterocycles. The largest absolute Gasteiger partial charge is 0.339 e. The second kappa shape index (κ2) is 10.8. The van der Waals surface area contributed by atoms with E-state index in [4.69, 9.17) is 9.73 Å². The van der Waals surface area contributed by atoms with E-state index < -0.39 is 15.7 Å². The van der Waals surface area contributed by atoms with Crippen LogP contribution in [0.15, 0.2) is 4.52 Å². The Balaban J connectivity index is 1.97. The minimum Gasteiger partial charge on any atom is -0.339 e. The van der Waals surface area contributed by atoms with Crippen LogP contribution < -0.4 is 5.48 Å². The number of rotatable bonds is 11. The zero-order valence-electron chi connectivity index (χ0n) is 16.0. The molecule has 1 aliphatic carbocycles. The molecule has 0 aliphatic heterocycles. The molecule has 1 aliphatic rings. The lowest BCUT2D eigenvalue weighted by Crippen LogP contribution is -2.21. The van der Waals surface area contributed by atoms with E-state index in [2.05, 4.69) is 10.1 Å². The summed E-state index contributed by atoms with van der Waals surface area (Å²) in [4.78, 5) is 15.8. The van der Waals surface area contributed by atoms with Crippen LogP contribution >= 0.6 is 0 Å². The number of hydroxylamine groups is 1. The van der Waals surface area contributed by atoms with Crippen molar-refractivity contribution in [3.8, 4) is 0 Å². The second-order valence-corrected chi connectivity index (χ2v) is 9.70. The molecule has 1 fully saturated rings. The van der Waals surface area contributed by atoms with Gasteiger partial charge in [0.05, 0.1) is 5.75 Å². The van der Waals surface area contributed by atoms with Crippen molar-refractivity contribution in [2.24, 2.45) is 5.92 Å². The predicted octanol–water partition coefficient (Wildman–Crippen LogP) is 3.12. The van der Waals surface area contributed by atoms with Crippen LogP contribution in [0.3, 0.4) is 0 Å². The number of aromatic nitrogens is 2. The van der Waals surface area contributed by atoms with Gasteiger partial charge in [-0.3, -0.25) is 10.0 Å². The lowest BCUT2D eigenvalue weighted by Gasteiger charge is -2.22. The number of hydrogen-bond donors (Lipinski definition) is 2. The molecule has 1 heterocycles. The number of nitrogens with one attached hydrogen (secondary N) is 1. The molecule has 1 saturated carbocycles. The van der Waals surface area contributed by atoms with Gasteiger partial charge in [0.25, 0.3) is 0 Å². The van der Waals surface area contributed by atoms with Crippen molar-refractivity contribution >= 4 is 15.7 Å². The van der Waals surface area contributed by atoms with Crippen LogP contribution in [0.25, 0.3) is 0 Å². The van der Waals surface area contributed by atoms with E-state index in [-0.39, 0.29) is 35.6 Å². The maximum absolute atomic E-state index is 11.9. The molecule has 27 heavy (non-hydrogen) atoms. The zero-order valence-corrected chi connectivity index (χ0v) is 16.8. The third-order valence-electron chi connectivity index (χ3n) is 5.14. The van der Waals surface area contributed by atoms with Gasteiger partial charge in [-0.2, -0.15) is 4.98 Å². The minimum atomic E-state index is -3.26. The fourth-order valence-corrected chi connectivity index (χ4v) is 5.06.